The summed E-state index contributed by atoms with van der Waals surface area (Å²) in [4.78, 5) is 8.84. The third-order valence-electron chi connectivity index (χ3n) is 4.50. The number of nitrogens with zero attached hydrogens (tertiary/aromatic N) is 2. The zero-order valence-electron chi connectivity index (χ0n) is 16.0. The summed E-state index contributed by atoms with van der Waals surface area (Å²) in [5.41, 5.74) is 3.02. The lowest BCUT2D eigenvalue weighted by atomic mass is 10.1. The molecule has 0 unspecified atom stereocenters. The first-order valence-corrected chi connectivity index (χ1v) is 11.0. The molecule has 1 fully saturated rings. The van der Waals surface area contributed by atoms with Crippen molar-refractivity contribution in [2.45, 2.75) is 24.6 Å². The number of methoxy groups -OCH3 is 1. The molecule has 3 aromatic rings. The van der Waals surface area contributed by atoms with Crippen molar-refractivity contribution in [2.24, 2.45) is 0 Å². The van der Waals surface area contributed by atoms with Crippen LogP contribution in [0.5, 0.6) is 5.75 Å². The average molecular weight is 410 g/mol. The monoisotopic (exact) mass is 410 g/mol. The Bertz CT molecular complexity index is 1110. The highest BCUT2D eigenvalue weighted by atomic mass is 32.2. The Morgan fingerprint density at radius 1 is 1.10 bits per heavy atom. The molecule has 0 aliphatic heterocycles. The van der Waals surface area contributed by atoms with E-state index >= 15 is 0 Å². The first-order chi connectivity index (χ1) is 14.0. The summed E-state index contributed by atoms with van der Waals surface area (Å²) in [7, 11) is -1.71. The molecular weight excluding hydrogens is 388 g/mol. The van der Waals surface area contributed by atoms with Crippen LogP contribution in [0.1, 0.15) is 18.4 Å². The molecule has 0 radical (unpaired) electrons. The number of rotatable bonds is 8. The lowest BCUT2D eigenvalue weighted by molar-refractivity contribution is 0.416. The molecule has 150 valence electrons. The highest BCUT2D eigenvalue weighted by Gasteiger charge is 2.26. The van der Waals surface area contributed by atoms with Gasteiger partial charge in [0.25, 0.3) is 0 Å². The van der Waals surface area contributed by atoms with Crippen molar-refractivity contribution in [3.05, 3.63) is 66.4 Å². The smallest absolute Gasteiger partial charge is 0.227 e. The van der Waals surface area contributed by atoms with Gasteiger partial charge in [0.05, 0.1) is 18.6 Å². The molecule has 2 N–H and O–H groups in total. The van der Waals surface area contributed by atoms with E-state index in [1.165, 1.54) is 0 Å². The third kappa shape index (κ3) is 5.10. The lowest BCUT2D eigenvalue weighted by Crippen LogP contribution is -2.27. The Kier molecular flexibility index (Phi) is 5.46. The molecule has 1 aliphatic rings. The molecule has 8 heteroatoms. The Balaban J connectivity index is 1.52. The van der Waals surface area contributed by atoms with E-state index in [-0.39, 0.29) is 11.8 Å². The normalized spacial score (nSPS) is 13.8. The van der Waals surface area contributed by atoms with Crippen molar-refractivity contribution in [3.63, 3.8) is 0 Å². The molecule has 0 amide bonds. The molecule has 0 atom stereocenters. The Labute approximate surface area is 170 Å². The van der Waals surface area contributed by atoms with Gasteiger partial charge in [-0.3, -0.25) is 0 Å². The van der Waals surface area contributed by atoms with E-state index in [4.69, 9.17) is 4.74 Å². The van der Waals surface area contributed by atoms with Crippen molar-refractivity contribution >= 4 is 21.7 Å². The maximum atomic E-state index is 12.2. The number of sulfonamides is 1. The molecule has 1 aliphatic carbocycles. The first kappa shape index (κ1) is 19.4. The van der Waals surface area contributed by atoms with Gasteiger partial charge in [0, 0.05) is 23.5 Å². The van der Waals surface area contributed by atoms with E-state index in [1.54, 1.807) is 25.4 Å². The van der Waals surface area contributed by atoms with E-state index in [0.29, 0.717) is 11.5 Å². The molecule has 0 bridgehead atoms. The largest absolute Gasteiger partial charge is 0.496 e. The van der Waals surface area contributed by atoms with Crippen molar-refractivity contribution in [1.82, 2.24) is 14.7 Å². The van der Waals surface area contributed by atoms with Gasteiger partial charge in [-0.15, -0.1) is 0 Å². The van der Waals surface area contributed by atoms with Crippen molar-refractivity contribution in [1.29, 1.82) is 0 Å². The minimum atomic E-state index is -3.33. The third-order valence-corrected chi connectivity index (χ3v) is 5.91. The van der Waals surface area contributed by atoms with E-state index in [2.05, 4.69) is 20.0 Å². The number of nitrogens with one attached hydrogen (secondary N) is 2. The van der Waals surface area contributed by atoms with Gasteiger partial charge in [-0.25, -0.2) is 23.1 Å². The van der Waals surface area contributed by atoms with Crippen molar-refractivity contribution < 1.29 is 13.2 Å². The Hall–Kier alpha value is -2.97. The number of benzene rings is 2. The van der Waals surface area contributed by atoms with Crippen LogP contribution in [0, 0.1) is 0 Å². The second kappa shape index (κ2) is 8.18. The van der Waals surface area contributed by atoms with Crippen LogP contribution in [-0.4, -0.2) is 31.5 Å². The van der Waals surface area contributed by atoms with Gasteiger partial charge in [0.2, 0.25) is 16.0 Å². The number of aromatic nitrogens is 2. The zero-order valence-corrected chi connectivity index (χ0v) is 16.8. The predicted molar refractivity (Wildman–Crippen MR) is 113 cm³/mol. The molecular formula is C21H22N4O3S. The van der Waals surface area contributed by atoms with Gasteiger partial charge in [-0.05, 0) is 48.7 Å². The van der Waals surface area contributed by atoms with Gasteiger partial charge in [-0.1, -0.05) is 24.3 Å². The number of anilines is 2. The van der Waals surface area contributed by atoms with Crippen LogP contribution in [0.25, 0.3) is 11.3 Å². The number of para-hydroxylation sites is 1. The molecule has 1 aromatic heterocycles. The summed E-state index contributed by atoms with van der Waals surface area (Å²) in [6.07, 6.45) is 3.51. The van der Waals surface area contributed by atoms with Crippen LogP contribution in [-0.2, 0) is 15.8 Å². The maximum absolute atomic E-state index is 12.2. The average Bonchev–Trinajstić information content (AvgIpc) is 3.51. The van der Waals surface area contributed by atoms with Crippen LogP contribution in [0.3, 0.4) is 0 Å². The standard InChI is InChI=1S/C21H22N4O3S/c1-28-20-8-3-2-7-18(20)19-11-12-22-21(24-19)23-17-6-4-5-15(13-17)14-29(26,27)25-16-9-10-16/h2-8,11-13,16,25H,9-10,14H2,1H3,(H,22,23,24). The molecule has 4 rings (SSSR count). The molecule has 0 spiro atoms. The summed E-state index contributed by atoms with van der Waals surface area (Å²) < 4.78 is 32.5. The van der Waals surface area contributed by atoms with Crippen LogP contribution >= 0.6 is 0 Å². The number of ether oxygens (including phenoxy) is 1. The zero-order chi connectivity index (χ0) is 20.3. The number of hydrogen-bond donors (Lipinski definition) is 2. The summed E-state index contributed by atoms with van der Waals surface area (Å²) in [5.74, 6) is 1.10. The quantitative estimate of drug-likeness (QED) is 0.591. The highest BCUT2D eigenvalue weighted by molar-refractivity contribution is 7.88. The van der Waals surface area contributed by atoms with Crippen LogP contribution in [0.2, 0.25) is 0 Å². The van der Waals surface area contributed by atoms with Crippen molar-refractivity contribution in [3.8, 4) is 17.0 Å². The predicted octanol–water partition coefficient (Wildman–Crippen LogP) is 3.48. The molecule has 29 heavy (non-hydrogen) atoms. The minimum Gasteiger partial charge on any atom is -0.496 e. The van der Waals surface area contributed by atoms with Gasteiger partial charge in [0.15, 0.2) is 0 Å². The van der Waals surface area contributed by atoms with E-state index in [0.717, 1.165) is 35.5 Å². The summed E-state index contributed by atoms with van der Waals surface area (Å²) in [6.45, 7) is 0. The SMILES string of the molecule is COc1ccccc1-c1ccnc(Nc2cccc(CS(=O)(=O)NC3CC3)c2)n1. The van der Waals surface area contributed by atoms with Crippen LogP contribution < -0.4 is 14.8 Å². The second-order valence-corrected chi connectivity index (χ2v) is 8.70. The van der Waals surface area contributed by atoms with Crippen molar-refractivity contribution in [2.75, 3.05) is 12.4 Å². The first-order valence-electron chi connectivity index (χ1n) is 9.35. The summed E-state index contributed by atoms with van der Waals surface area (Å²) in [5, 5.41) is 3.15. The van der Waals surface area contributed by atoms with Crippen LogP contribution in [0.4, 0.5) is 11.6 Å². The van der Waals surface area contributed by atoms with Gasteiger partial charge < -0.3 is 10.1 Å². The Morgan fingerprint density at radius 2 is 1.93 bits per heavy atom. The summed E-state index contributed by atoms with van der Waals surface area (Å²) in [6, 6.07) is 16.8. The molecule has 1 saturated carbocycles. The van der Waals surface area contributed by atoms with Gasteiger partial charge in [0.1, 0.15) is 5.75 Å². The highest BCUT2D eigenvalue weighted by Crippen LogP contribution is 2.28. The number of hydrogen-bond acceptors (Lipinski definition) is 6. The minimum absolute atomic E-state index is 0.0544. The maximum Gasteiger partial charge on any atom is 0.227 e. The fraction of sp³-hybridized carbons (Fsp3) is 0.238. The lowest BCUT2D eigenvalue weighted by Gasteiger charge is -2.11. The van der Waals surface area contributed by atoms with Crippen LogP contribution in [0.15, 0.2) is 60.8 Å². The molecule has 0 saturated heterocycles. The summed E-state index contributed by atoms with van der Waals surface area (Å²) >= 11 is 0. The van der Waals surface area contributed by atoms with Gasteiger partial charge >= 0.3 is 0 Å². The molecule has 7 nitrogen and oxygen atoms in total. The topological polar surface area (TPSA) is 93.2 Å². The van der Waals surface area contributed by atoms with E-state index in [9.17, 15) is 8.42 Å². The van der Waals surface area contributed by atoms with E-state index in [1.807, 2.05) is 42.5 Å². The van der Waals surface area contributed by atoms with E-state index < -0.39 is 10.0 Å². The second-order valence-electron chi connectivity index (χ2n) is 6.94. The molecule has 2 aromatic carbocycles. The van der Waals surface area contributed by atoms with Gasteiger partial charge in [-0.2, -0.15) is 0 Å². The molecule has 1 heterocycles. The fourth-order valence-electron chi connectivity index (χ4n) is 3.01. The fourth-order valence-corrected chi connectivity index (χ4v) is 4.45. The Morgan fingerprint density at radius 3 is 2.72 bits per heavy atom.